The number of nitrogens with zero attached hydrogens (tertiary/aromatic N) is 3. The first-order valence-corrected chi connectivity index (χ1v) is 10.9. The molecule has 1 aliphatic carbocycles. The van der Waals surface area contributed by atoms with Crippen LogP contribution in [0.25, 0.3) is 0 Å². The molecule has 0 unspecified atom stereocenters. The van der Waals surface area contributed by atoms with Gasteiger partial charge in [-0.05, 0) is 50.3 Å². The van der Waals surface area contributed by atoms with Gasteiger partial charge in [0.2, 0.25) is 11.8 Å². The number of benzene rings is 1. The topological polar surface area (TPSA) is 67.2 Å². The van der Waals surface area contributed by atoms with Gasteiger partial charge in [0.1, 0.15) is 5.82 Å². The second kappa shape index (κ2) is 8.58. The zero-order valence-electron chi connectivity index (χ0n) is 17.4. The minimum atomic E-state index is -0.544. The van der Waals surface area contributed by atoms with E-state index in [0.717, 1.165) is 37.8 Å². The molecule has 2 aliphatic rings. The molecule has 2 aromatic rings. The lowest BCUT2D eigenvalue weighted by molar-refractivity contribution is -0.140. The van der Waals surface area contributed by atoms with Crippen LogP contribution in [0.15, 0.2) is 36.7 Å². The summed E-state index contributed by atoms with van der Waals surface area (Å²) >= 11 is 0. The van der Waals surface area contributed by atoms with Crippen LogP contribution < -0.4 is 5.32 Å². The van der Waals surface area contributed by atoms with E-state index >= 15 is 0 Å². The lowest BCUT2D eigenvalue weighted by atomic mass is 9.77. The maximum atomic E-state index is 13.5. The summed E-state index contributed by atoms with van der Waals surface area (Å²) in [5.41, 5.74) is 1.08. The van der Waals surface area contributed by atoms with Gasteiger partial charge in [0, 0.05) is 31.7 Å². The van der Waals surface area contributed by atoms with Crippen molar-refractivity contribution in [2.45, 2.75) is 57.4 Å². The molecule has 1 saturated carbocycles. The Bertz CT molecular complexity index is 894. The zero-order valence-corrected chi connectivity index (χ0v) is 17.4. The Labute approximate surface area is 176 Å². The fourth-order valence-electron chi connectivity index (χ4n) is 4.87. The lowest BCUT2D eigenvalue weighted by Gasteiger charge is -2.38. The van der Waals surface area contributed by atoms with Gasteiger partial charge in [0.05, 0.1) is 17.3 Å². The van der Waals surface area contributed by atoms with E-state index in [9.17, 15) is 14.0 Å². The van der Waals surface area contributed by atoms with Crippen molar-refractivity contribution in [2.75, 3.05) is 18.4 Å². The Hall–Kier alpha value is -2.70. The first kappa shape index (κ1) is 20.6. The van der Waals surface area contributed by atoms with Crippen LogP contribution in [0, 0.1) is 11.7 Å². The van der Waals surface area contributed by atoms with Crippen molar-refractivity contribution >= 4 is 17.5 Å². The molecule has 2 amide bonds. The highest BCUT2D eigenvalue weighted by molar-refractivity contribution is 5.93. The summed E-state index contributed by atoms with van der Waals surface area (Å²) in [6, 6.07) is 6.41. The number of hydrogen-bond donors (Lipinski definition) is 1. The van der Waals surface area contributed by atoms with Crippen molar-refractivity contribution in [3.8, 4) is 0 Å². The predicted octanol–water partition coefficient (Wildman–Crippen LogP) is 3.73. The SMILES string of the molecule is CCn1cc(NC(=O)C2CCN(C(=O)C3(c4ccc(F)cc4)CCCC3)CC2)cn1. The minimum absolute atomic E-state index is 0.00753. The highest BCUT2D eigenvalue weighted by Crippen LogP contribution is 2.43. The van der Waals surface area contributed by atoms with Gasteiger partial charge in [-0.25, -0.2) is 4.39 Å². The summed E-state index contributed by atoms with van der Waals surface area (Å²) in [6.45, 7) is 3.91. The maximum absolute atomic E-state index is 13.5. The van der Waals surface area contributed by atoms with E-state index in [1.54, 1.807) is 23.0 Å². The number of likely N-dealkylation sites (tertiary alicyclic amines) is 1. The number of carbonyl (C=O) groups excluding carboxylic acids is 2. The fraction of sp³-hybridized carbons (Fsp3) is 0.522. The van der Waals surface area contributed by atoms with Crippen molar-refractivity contribution in [3.63, 3.8) is 0 Å². The number of rotatable bonds is 5. The van der Waals surface area contributed by atoms with Crippen molar-refractivity contribution in [2.24, 2.45) is 5.92 Å². The molecule has 160 valence electrons. The summed E-state index contributed by atoms with van der Waals surface area (Å²) in [4.78, 5) is 28.1. The number of nitrogens with one attached hydrogen (secondary N) is 1. The molecule has 0 atom stereocenters. The zero-order chi connectivity index (χ0) is 21.1. The quantitative estimate of drug-likeness (QED) is 0.814. The van der Waals surface area contributed by atoms with E-state index in [0.29, 0.717) is 31.6 Å². The third-order valence-corrected chi connectivity index (χ3v) is 6.64. The molecule has 7 heteroatoms. The summed E-state index contributed by atoms with van der Waals surface area (Å²) in [7, 11) is 0. The van der Waals surface area contributed by atoms with Gasteiger partial charge < -0.3 is 10.2 Å². The highest BCUT2D eigenvalue weighted by Gasteiger charge is 2.45. The van der Waals surface area contributed by atoms with Gasteiger partial charge in [0.25, 0.3) is 0 Å². The van der Waals surface area contributed by atoms with Crippen LogP contribution >= 0.6 is 0 Å². The minimum Gasteiger partial charge on any atom is -0.342 e. The third kappa shape index (κ3) is 3.98. The standard InChI is InChI=1S/C23H29FN4O2/c1-2-28-16-20(15-25-28)26-21(29)17-9-13-27(14-10-17)22(30)23(11-3-4-12-23)18-5-7-19(24)8-6-18/h5-8,15-17H,2-4,9-14H2,1H3,(H,26,29). The van der Waals surface area contributed by atoms with E-state index in [2.05, 4.69) is 10.4 Å². The van der Waals surface area contributed by atoms with Gasteiger partial charge in [-0.1, -0.05) is 25.0 Å². The Morgan fingerprint density at radius 3 is 2.43 bits per heavy atom. The Balaban J connectivity index is 1.39. The number of piperidine rings is 1. The first-order valence-electron chi connectivity index (χ1n) is 10.9. The van der Waals surface area contributed by atoms with Crippen molar-refractivity contribution in [3.05, 3.63) is 48.0 Å². The molecule has 1 saturated heterocycles. The Morgan fingerprint density at radius 2 is 1.83 bits per heavy atom. The molecule has 6 nitrogen and oxygen atoms in total. The molecule has 1 aromatic heterocycles. The first-order chi connectivity index (χ1) is 14.5. The fourth-order valence-corrected chi connectivity index (χ4v) is 4.87. The Kier molecular flexibility index (Phi) is 5.88. The van der Waals surface area contributed by atoms with Crippen molar-refractivity contribution < 1.29 is 14.0 Å². The van der Waals surface area contributed by atoms with Crippen molar-refractivity contribution in [1.29, 1.82) is 0 Å². The van der Waals surface area contributed by atoms with E-state index < -0.39 is 5.41 Å². The van der Waals surface area contributed by atoms with Gasteiger partial charge in [0.15, 0.2) is 0 Å². The van der Waals surface area contributed by atoms with Crippen LogP contribution in [0.1, 0.15) is 51.0 Å². The highest BCUT2D eigenvalue weighted by atomic mass is 19.1. The number of anilines is 1. The number of halogens is 1. The van der Waals surface area contributed by atoms with E-state index in [-0.39, 0.29) is 23.5 Å². The normalized spacial score (nSPS) is 19.1. The monoisotopic (exact) mass is 412 g/mol. The molecular formula is C23H29FN4O2. The maximum Gasteiger partial charge on any atom is 0.233 e. The summed E-state index contributed by atoms with van der Waals surface area (Å²) in [5.74, 6) is -0.262. The third-order valence-electron chi connectivity index (χ3n) is 6.64. The van der Waals surface area contributed by atoms with Crippen LogP contribution in [0.2, 0.25) is 0 Å². The smallest absolute Gasteiger partial charge is 0.233 e. The molecule has 0 spiro atoms. The molecule has 0 bridgehead atoms. The largest absolute Gasteiger partial charge is 0.342 e. The molecular weight excluding hydrogens is 383 g/mol. The van der Waals surface area contributed by atoms with Crippen LogP contribution in [-0.2, 0) is 21.5 Å². The van der Waals surface area contributed by atoms with E-state index in [1.165, 1.54) is 12.1 Å². The molecule has 1 N–H and O–H groups in total. The number of carbonyl (C=O) groups is 2. The lowest BCUT2D eigenvalue weighted by Crippen LogP contribution is -2.49. The van der Waals surface area contributed by atoms with Gasteiger partial charge in [-0.2, -0.15) is 5.10 Å². The van der Waals surface area contributed by atoms with E-state index in [4.69, 9.17) is 0 Å². The van der Waals surface area contributed by atoms with Gasteiger partial charge in [-0.15, -0.1) is 0 Å². The molecule has 2 heterocycles. The molecule has 2 fully saturated rings. The second-order valence-electron chi connectivity index (χ2n) is 8.44. The summed E-state index contributed by atoms with van der Waals surface area (Å²) in [5, 5.41) is 7.12. The average Bonchev–Trinajstić information content (AvgIpc) is 3.44. The number of hydrogen-bond acceptors (Lipinski definition) is 3. The molecule has 1 aliphatic heterocycles. The molecule has 4 rings (SSSR count). The average molecular weight is 413 g/mol. The van der Waals surface area contributed by atoms with Crippen LogP contribution in [0.3, 0.4) is 0 Å². The predicted molar refractivity (Wildman–Crippen MR) is 112 cm³/mol. The Morgan fingerprint density at radius 1 is 1.17 bits per heavy atom. The van der Waals surface area contributed by atoms with Crippen LogP contribution in [0.5, 0.6) is 0 Å². The van der Waals surface area contributed by atoms with Crippen LogP contribution in [-0.4, -0.2) is 39.6 Å². The summed E-state index contributed by atoms with van der Waals surface area (Å²) < 4.78 is 15.2. The van der Waals surface area contributed by atoms with Crippen molar-refractivity contribution in [1.82, 2.24) is 14.7 Å². The number of aryl methyl sites for hydroxylation is 1. The number of amides is 2. The molecule has 1 aromatic carbocycles. The molecule has 0 radical (unpaired) electrons. The van der Waals surface area contributed by atoms with Crippen LogP contribution in [0.4, 0.5) is 10.1 Å². The molecule has 30 heavy (non-hydrogen) atoms. The van der Waals surface area contributed by atoms with Gasteiger partial charge in [-0.3, -0.25) is 14.3 Å². The van der Waals surface area contributed by atoms with E-state index in [1.807, 2.05) is 18.0 Å². The second-order valence-corrected chi connectivity index (χ2v) is 8.44. The van der Waals surface area contributed by atoms with Gasteiger partial charge >= 0.3 is 0 Å². The summed E-state index contributed by atoms with van der Waals surface area (Å²) in [6.07, 6.45) is 8.41. The number of aromatic nitrogens is 2.